The van der Waals surface area contributed by atoms with Crippen LogP contribution in [0.2, 0.25) is 0 Å². The number of esters is 3. The fourth-order valence-electron chi connectivity index (χ4n) is 8.19. The summed E-state index contributed by atoms with van der Waals surface area (Å²) in [7, 11) is 0. The van der Waals surface area contributed by atoms with Gasteiger partial charge in [0, 0.05) is 32.2 Å². The fourth-order valence-corrected chi connectivity index (χ4v) is 8.19. The molecule has 0 aliphatic heterocycles. The number of carbonyl (C=O) groups excluding carboxylic acids is 12. The first-order valence-corrected chi connectivity index (χ1v) is 29.9. The summed E-state index contributed by atoms with van der Waals surface area (Å²) < 4.78 is 32.5. The summed E-state index contributed by atoms with van der Waals surface area (Å²) in [5, 5.41) is 20.4. The molecule has 0 fully saturated rings. The summed E-state index contributed by atoms with van der Waals surface area (Å²) in [5.74, 6) is -7.65. The maximum absolute atomic E-state index is 13.8. The van der Waals surface area contributed by atoms with E-state index in [1.54, 1.807) is 126 Å². The highest BCUT2D eigenvalue weighted by atomic mass is 16.6. The van der Waals surface area contributed by atoms with Gasteiger partial charge in [-0.05, 0) is 96.8 Å². The monoisotopic (exact) mass is 1260 g/mol. The van der Waals surface area contributed by atoms with E-state index in [1.807, 2.05) is 19.9 Å². The molecule has 0 radical (unpaired) electrons. The van der Waals surface area contributed by atoms with Gasteiger partial charge in [-0.2, -0.15) is 0 Å². The average Bonchev–Trinajstić information content (AvgIpc) is 3.60. The smallest absolute Gasteiger partial charge is 0.408 e. The molecular weight excluding hydrogens is 1170 g/mol. The molecule has 26 heteroatoms. The standard InChI is InChI=1S/C64H90N8O18/c1-42(2)35-50(72-59(81)51(36-44-19-13-10-14-20-44)70-54(76)38-67-62(84)90-64(7,8)9)57(79)66-37-53(75)69-49(61(83)89-63(4,5)6)27-29-52(74)65-31-32-85-33-34-86-41-55(77)68-47(26-25-43(3)73)58(80)71-48(60(82)88-40-46-23-17-12-18-24-46)28-30-56(78)87-39-45-21-15-11-16-22-45/h10-24,42,47-51H,25-41H2,1-9H3,(H,65,74)(H,66,79)(H,67,84)(H,68,77)(H,69,75)(H,70,76)(H,71,80)(H,72,81). The molecule has 90 heavy (non-hydrogen) atoms. The Morgan fingerprint density at radius 2 is 0.933 bits per heavy atom. The van der Waals surface area contributed by atoms with Crippen molar-refractivity contribution in [2.45, 2.75) is 168 Å². The highest BCUT2D eigenvalue weighted by molar-refractivity contribution is 5.95. The number of hydrogen-bond acceptors (Lipinski definition) is 18. The molecule has 3 aromatic carbocycles. The molecule has 3 aromatic rings. The van der Waals surface area contributed by atoms with Gasteiger partial charge in [-0.1, -0.05) is 105 Å². The van der Waals surface area contributed by atoms with Crippen molar-refractivity contribution in [3.8, 4) is 0 Å². The van der Waals surface area contributed by atoms with E-state index < -0.39 is 126 Å². The van der Waals surface area contributed by atoms with Crippen LogP contribution in [0, 0.1) is 5.92 Å². The Labute approximate surface area is 525 Å². The predicted octanol–water partition coefficient (Wildman–Crippen LogP) is 3.25. The summed E-state index contributed by atoms with van der Waals surface area (Å²) >= 11 is 0. The van der Waals surface area contributed by atoms with Crippen molar-refractivity contribution in [1.29, 1.82) is 0 Å². The Morgan fingerprint density at radius 1 is 0.444 bits per heavy atom. The third kappa shape index (κ3) is 34.1. The normalized spacial score (nSPS) is 12.9. The van der Waals surface area contributed by atoms with Gasteiger partial charge < -0.3 is 75.8 Å². The molecule has 0 bridgehead atoms. The number of Topliss-reactive ketones (excluding diaryl/α,β-unsaturated/α-hetero) is 1. The summed E-state index contributed by atoms with van der Waals surface area (Å²) in [6.07, 6.45) is -1.76. The van der Waals surface area contributed by atoms with Crippen LogP contribution in [0.5, 0.6) is 0 Å². The molecule has 494 valence electrons. The molecular formula is C64H90N8O18. The second kappa shape index (κ2) is 40.0. The molecule has 8 amide bonds. The number of carbonyl (C=O) groups is 12. The minimum absolute atomic E-state index is 0.00273. The highest BCUT2D eigenvalue weighted by Gasteiger charge is 2.32. The zero-order valence-corrected chi connectivity index (χ0v) is 53.0. The van der Waals surface area contributed by atoms with E-state index >= 15 is 0 Å². The second-order valence-electron chi connectivity index (χ2n) is 23.5. The highest BCUT2D eigenvalue weighted by Crippen LogP contribution is 2.14. The van der Waals surface area contributed by atoms with Gasteiger partial charge in [0.05, 0.1) is 26.4 Å². The number of alkyl carbamates (subject to hydrolysis) is 1. The van der Waals surface area contributed by atoms with Crippen molar-refractivity contribution in [2.24, 2.45) is 5.92 Å². The Hall–Kier alpha value is -8.78. The van der Waals surface area contributed by atoms with Gasteiger partial charge in [0.2, 0.25) is 41.4 Å². The molecule has 0 spiro atoms. The summed E-state index contributed by atoms with van der Waals surface area (Å²) in [6, 6.07) is 20.3. The summed E-state index contributed by atoms with van der Waals surface area (Å²) in [4.78, 5) is 157. The van der Waals surface area contributed by atoms with Crippen LogP contribution >= 0.6 is 0 Å². The lowest BCUT2D eigenvalue weighted by Crippen LogP contribution is -2.56. The fraction of sp³-hybridized carbons (Fsp3) is 0.531. The van der Waals surface area contributed by atoms with Crippen molar-refractivity contribution in [1.82, 2.24) is 42.5 Å². The molecule has 26 nitrogen and oxygen atoms in total. The maximum Gasteiger partial charge on any atom is 0.408 e. The molecule has 0 saturated carbocycles. The number of amides is 8. The van der Waals surface area contributed by atoms with Gasteiger partial charge in [-0.3, -0.25) is 38.4 Å². The van der Waals surface area contributed by atoms with E-state index in [0.717, 1.165) is 5.56 Å². The van der Waals surface area contributed by atoms with E-state index in [0.29, 0.717) is 11.1 Å². The van der Waals surface area contributed by atoms with E-state index in [1.165, 1.54) is 6.92 Å². The van der Waals surface area contributed by atoms with Crippen molar-refractivity contribution in [3.05, 3.63) is 108 Å². The van der Waals surface area contributed by atoms with E-state index in [9.17, 15) is 57.5 Å². The van der Waals surface area contributed by atoms with E-state index in [-0.39, 0.29) is 103 Å². The van der Waals surface area contributed by atoms with Crippen molar-refractivity contribution in [2.75, 3.05) is 46.1 Å². The number of hydrogen-bond donors (Lipinski definition) is 8. The van der Waals surface area contributed by atoms with Gasteiger partial charge in [0.1, 0.15) is 73.6 Å². The zero-order valence-electron chi connectivity index (χ0n) is 53.0. The van der Waals surface area contributed by atoms with Gasteiger partial charge in [0.15, 0.2) is 0 Å². The first kappa shape index (κ1) is 75.5. The molecule has 0 heterocycles. The number of benzene rings is 3. The van der Waals surface area contributed by atoms with Crippen LogP contribution in [-0.2, 0) is 101 Å². The molecule has 8 N–H and O–H groups in total. The molecule has 5 unspecified atom stereocenters. The molecule has 0 aromatic heterocycles. The first-order valence-electron chi connectivity index (χ1n) is 29.9. The topological polar surface area (TPSA) is 356 Å². The summed E-state index contributed by atoms with van der Waals surface area (Å²) in [6.45, 7) is 13.0. The van der Waals surface area contributed by atoms with Gasteiger partial charge in [-0.15, -0.1) is 0 Å². The lowest BCUT2D eigenvalue weighted by Gasteiger charge is -2.25. The third-order valence-electron chi connectivity index (χ3n) is 12.5. The number of rotatable bonds is 39. The first-order chi connectivity index (χ1) is 42.5. The minimum atomic E-state index is -1.32. The van der Waals surface area contributed by atoms with Crippen LogP contribution in [0.1, 0.15) is 124 Å². The Kier molecular flexibility index (Phi) is 33.5. The summed E-state index contributed by atoms with van der Waals surface area (Å²) in [5.41, 5.74) is 0.343. The lowest BCUT2D eigenvalue weighted by molar-refractivity contribution is -0.159. The van der Waals surface area contributed by atoms with Gasteiger partial charge in [-0.25, -0.2) is 14.4 Å². The van der Waals surface area contributed by atoms with Crippen LogP contribution < -0.4 is 42.5 Å². The third-order valence-corrected chi connectivity index (χ3v) is 12.5. The van der Waals surface area contributed by atoms with Crippen LogP contribution in [0.25, 0.3) is 0 Å². The largest absolute Gasteiger partial charge is 0.461 e. The predicted molar refractivity (Wildman–Crippen MR) is 328 cm³/mol. The van der Waals surface area contributed by atoms with Gasteiger partial charge >= 0.3 is 24.0 Å². The van der Waals surface area contributed by atoms with Crippen LogP contribution in [-0.4, -0.2) is 159 Å². The Morgan fingerprint density at radius 3 is 1.51 bits per heavy atom. The van der Waals surface area contributed by atoms with Crippen LogP contribution in [0.15, 0.2) is 91.0 Å². The quantitative estimate of drug-likeness (QED) is 0.0231. The van der Waals surface area contributed by atoms with E-state index in [2.05, 4.69) is 42.5 Å². The van der Waals surface area contributed by atoms with Crippen molar-refractivity contribution >= 4 is 71.1 Å². The molecule has 0 saturated heterocycles. The van der Waals surface area contributed by atoms with Crippen molar-refractivity contribution in [3.63, 3.8) is 0 Å². The zero-order chi connectivity index (χ0) is 66.7. The maximum atomic E-state index is 13.8. The lowest BCUT2D eigenvalue weighted by atomic mass is 10.0. The SMILES string of the molecule is CC(=O)CCC(NC(=O)COCCOCCNC(=O)CCC(NC(=O)CNC(=O)C(CC(C)C)NC(=O)C(Cc1ccccc1)NC(=O)CNC(=O)OC(C)(C)C)C(=O)OC(C)(C)C)C(=O)NC(CCC(=O)OCc1ccccc1)C(=O)OCc1ccccc1. The van der Waals surface area contributed by atoms with Crippen molar-refractivity contribution < 1.29 is 86.0 Å². The number of ketones is 1. The molecule has 0 aliphatic rings. The number of ether oxygens (including phenoxy) is 6. The van der Waals surface area contributed by atoms with E-state index in [4.69, 9.17) is 28.4 Å². The molecule has 5 atom stereocenters. The van der Waals surface area contributed by atoms with Gasteiger partial charge in [0.25, 0.3) is 0 Å². The Balaban J connectivity index is 1.49. The minimum Gasteiger partial charge on any atom is -0.461 e. The van der Waals surface area contributed by atoms with Crippen LogP contribution in [0.3, 0.4) is 0 Å². The van der Waals surface area contributed by atoms with Crippen LogP contribution in [0.4, 0.5) is 4.79 Å². The number of nitrogens with one attached hydrogen (secondary N) is 8. The molecule has 3 rings (SSSR count). The average molecular weight is 1260 g/mol. The Bertz CT molecular complexity index is 2810. The second-order valence-corrected chi connectivity index (χ2v) is 23.5. The molecule has 0 aliphatic carbocycles.